The molecular formula is C31H37F2N3O3. The lowest BCUT2D eigenvalue weighted by Gasteiger charge is -2.39. The number of aromatic amines is 1. The molecule has 3 atom stereocenters. The van der Waals surface area contributed by atoms with Gasteiger partial charge in [0.1, 0.15) is 11.6 Å². The first-order chi connectivity index (χ1) is 18.7. The number of halogens is 2. The van der Waals surface area contributed by atoms with Gasteiger partial charge in [0, 0.05) is 60.8 Å². The number of amides is 1. The Kier molecular flexibility index (Phi) is 8.16. The molecule has 208 valence electrons. The molecule has 2 aliphatic heterocycles. The number of benzene rings is 2. The second-order valence-electron chi connectivity index (χ2n) is 11.1. The van der Waals surface area contributed by atoms with E-state index in [1.165, 1.54) is 40.8 Å². The van der Waals surface area contributed by atoms with Crippen LogP contribution in [-0.4, -0.2) is 75.8 Å². The predicted molar refractivity (Wildman–Crippen MR) is 148 cm³/mol. The van der Waals surface area contributed by atoms with Gasteiger partial charge in [-0.15, -0.1) is 0 Å². The van der Waals surface area contributed by atoms with Gasteiger partial charge >= 0.3 is 0 Å². The van der Waals surface area contributed by atoms with Gasteiger partial charge in [0.15, 0.2) is 0 Å². The van der Waals surface area contributed by atoms with Gasteiger partial charge in [-0.1, -0.05) is 12.1 Å². The van der Waals surface area contributed by atoms with E-state index in [0.717, 1.165) is 30.2 Å². The third-order valence-corrected chi connectivity index (χ3v) is 8.45. The minimum Gasteiger partial charge on any atom is -0.392 e. The van der Waals surface area contributed by atoms with Crippen LogP contribution in [0.1, 0.15) is 47.6 Å². The summed E-state index contributed by atoms with van der Waals surface area (Å²) in [6, 6.07) is 9.39. The minimum atomic E-state index is -0.683. The summed E-state index contributed by atoms with van der Waals surface area (Å²) < 4.78 is 26.7. The first kappa shape index (κ1) is 27.5. The van der Waals surface area contributed by atoms with E-state index in [1.54, 1.807) is 4.90 Å². The van der Waals surface area contributed by atoms with Gasteiger partial charge in [-0.05, 0) is 86.5 Å². The Morgan fingerprint density at radius 3 is 2.51 bits per heavy atom. The highest BCUT2D eigenvalue weighted by Gasteiger charge is 2.34. The monoisotopic (exact) mass is 537 g/mol. The topological polar surface area (TPSA) is 79.8 Å². The number of likely N-dealkylation sites (tertiary alicyclic amines) is 2. The van der Waals surface area contributed by atoms with Crippen molar-refractivity contribution in [3.05, 3.63) is 76.5 Å². The summed E-state index contributed by atoms with van der Waals surface area (Å²) in [6.45, 7) is 7.05. The fourth-order valence-electron chi connectivity index (χ4n) is 6.41. The number of aromatic nitrogens is 1. The SMILES string of the molecule is Cc1[nH]c2cccc(C)c2c1C1CCN(CC(O)C2CCN(C(=O)/C=C/c3cc(F)cc(F)c3)CC2)CC1O. The predicted octanol–water partition coefficient (Wildman–Crippen LogP) is 4.53. The Labute approximate surface area is 227 Å². The van der Waals surface area contributed by atoms with Gasteiger partial charge in [0.25, 0.3) is 0 Å². The van der Waals surface area contributed by atoms with Crippen molar-refractivity contribution in [2.75, 3.05) is 32.7 Å². The maximum absolute atomic E-state index is 13.4. The van der Waals surface area contributed by atoms with Crippen molar-refractivity contribution in [2.45, 2.75) is 51.2 Å². The van der Waals surface area contributed by atoms with Crippen LogP contribution in [0, 0.1) is 31.4 Å². The second kappa shape index (κ2) is 11.6. The van der Waals surface area contributed by atoms with Crippen LogP contribution >= 0.6 is 0 Å². The summed E-state index contributed by atoms with van der Waals surface area (Å²) in [5.41, 5.74) is 4.93. The van der Waals surface area contributed by atoms with E-state index in [2.05, 4.69) is 35.9 Å². The quantitative estimate of drug-likeness (QED) is 0.404. The number of aryl methyl sites for hydroxylation is 2. The minimum absolute atomic E-state index is 0.0550. The normalized spacial score (nSPS) is 22.2. The zero-order valence-corrected chi connectivity index (χ0v) is 22.5. The first-order valence-electron chi connectivity index (χ1n) is 13.8. The molecule has 3 aromatic rings. The third kappa shape index (κ3) is 6.08. The molecule has 0 spiro atoms. The maximum atomic E-state index is 13.4. The van der Waals surface area contributed by atoms with Gasteiger partial charge in [0.05, 0.1) is 12.2 Å². The molecule has 5 rings (SSSR count). The number of carbonyl (C=O) groups is 1. The molecule has 2 fully saturated rings. The lowest BCUT2D eigenvalue weighted by atomic mass is 9.84. The lowest BCUT2D eigenvalue weighted by molar-refractivity contribution is -0.128. The van der Waals surface area contributed by atoms with Crippen LogP contribution in [0.3, 0.4) is 0 Å². The van der Waals surface area contributed by atoms with Gasteiger partial charge in [-0.25, -0.2) is 8.78 Å². The summed E-state index contributed by atoms with van der Waals surface area (Å²) in [5.74, 6) is -1.45. The van der Waals surface area contributed by atoms with Crippen molar-refractivity contribution in [1.29, 1.82) is 0 Å². The number of H-pyrrole nitrogens is 1. The van der Waals surface area contributed by atoms with Crippen LogP contribution in [0.2, 0.25) is 0 Å². The average Bonchev–Trinajstić information content (AvgIpc) is 3.23. The molecule has 1 aromatic heterocycles. The molecule has 8 heteroatoms. The summed E-state index contributed by atoms with van der Waals surface area (Å²) in [7, 11) is 0. The van der Waals surface area contributed by atoms with E-state index in [4.69, 9.17) is 0 Å². The molecule has 3 heterocycles. The lowest BCUT2D eigenvalue weighted by Crippen LogP contribution is -2.48. The van der Waals surface area contributed by atoms with Crippen LogP contribution in [0.15, 0.2) is 42.5 Å². The molecule has 0 aliphatic carbocycles. The molecule has 0 radical (unpaired) electrons. The fraction of sp³-hybridized carbons (Fsp3) is 0.452. The highest BCUT2D eigenvalue weighted by Crippen LogP contribution is 2.37. The number of fused-ring (bicyclic) bond motifs is 1. The Morgan fingerprint density at radius 2 is 1.82 bits per heavy atom. The third-order valence-electron chi connectivity index (χ3n) is 8.45. The van der Waals surface area contributed by atoms with Crippen molar-refractivity contribution in [1.82, 2.24) is 14.8 Å². The molecule has 39 heavy (non-hydrogen) atoms. The van der Waals surface area contributed by atoms with Gasteiger partial charge in [-0.3, -0.25) is 9.69 Å². The number of piperidine rings is 2. The average molecular weight is 538 g/mol. The molecule has 2 aliphatic rings. The van der Waals surface area contributed by atoms with Gasteiger partial charge in [-0.2, -0.15) is 0 Å². The smallest absolute Gasteiger partial charge is 0.246 e. The number of aliphatic hydroxyl groups excluding tert-OH is 2. The van der Waals surface area contributed by atoms with E-state index in [9.17, 15) is 23.8 Å². The highest BCUT2D eigenvalue weighted by atomic mass is 19.1. The van der Waals surface area contributed by atoms with Gasteiger partial charge in [0.2, 0.25) is 5.91 Å². The van der Waals surface area contributed by atoms with Crippen molar-refractivity contribution in [3.63, 3.8) is 0 Å². The van der Waals surface area contributed by atoms with Crippen molar-refractivity contribution < 1.29 is 23.8 Å². The molecule has 2 aromatic carbocycles. The number of rotatable bonds is 6. The molecule has 2 saturated heterocycles. The Morgan fingerprint density at radius 1 is 1.10 bits per heavy atom. The van der Waals surface area contributed by atoms with E-state index in [0.29, 0.717) is 44.6 Å². The summed E-state index contributed by atoms with van der Waals surface area (Å²) in [6.07, 6.45) is 3.90. The zero-order chi connectivity index (χ0) is 27.7. The molecular weight excluding hydrogens is 500 g/mol. The van der Waals surface area contributed by atoms with Crippen molar-refractivity contribution >= 4 is 22.9 Å². The van der Waals surface area contributed by atoms with Crippen LogP contribution in [0.5, 0.6) is 0 Å². The number of aliphatic hydroxyl groups is 2. The summed E-state index contributed by atoms with van der Waals surface area (Å²) >= 11 is 0. The Hall–Kier alpha value is -3.07. The van der Waals surface area contributed by atoms with E-state index in [1.807, 2.05) is 6.07 Å². The largest absolute Gasteiger partial charge is 0.392 e. The molecule has 3 N–H and O–H groups in total. The van der Waals surface area contributed by atoms with E-state index >= 15 is 0 Å². The van der Waals surface area contributed by atoms with Crippen molar-refractivity contribution in [2.24, 2.45) is 5.92 Å². The molecule has 1 amide bonds. The Balaban J connectivity index is 1.12. The zero-order valence-electron chi connectivity index (χ0n) is 22.5. The molecule has 0 saturated carbocycles. The number of β-amino-alcohol motifs (C(OH)–C–C–N with tert-alkyl or cyclic N) is 2. The van der Waals surface area contributed by atoms with Crippen LogP contribution in [-0.2, 0) is 4.79 Å². The highest BCUT2D eigenvalue weighted by molar-refractivity contribution is 5.92. The first-order valence-corrected chi connectivity index (χ1v) is 13.8. The van der Waals surface area contributed by atoms with E-state index < -0.39 is 23.8 Å². The molecule has 6 nitrogen and oxygen atoms in total. The van der Waals surface area contributed by atoms with Crippen LogP contribution < -0.4 is 0 Å². The number of hydrogen-bond donors (Lipinski definition) is 3. The Bertz CT molecular complexity index is 1340. The standard InChI is InChI=1S/C31H37F2N3O3/c1-19-4-3-5-26-30(19)31(20(2)34-26)25-10-11-35(18-28(25)38)17-27(37)22-8-12-36(13-9-22)29(39)7-6-21-14-23(32)16-24(33)15-21/h3-7,14-16,22,25,27-28,34,37-38H,8-13,17-18H2,1-2H3/b7-6+. The summed E-state index contributed by atoms with van der Waals surface area (Å²) in [4.78, 5) is 19.9. The number of nitrogens with one attached hydrogen (secondary N) is 1. The molecule has 3 unspecified atom stereocenters. The fourth-order valence-corrected chi connectivity index (χ4v) is 6.41. The second-order valence-corrected chi connectivity index (χ2v) is 11.1. The van der Waals surface area contributed by atoms with Crippen molar-refractivity contribution in [3.8, 4) is 0 Å². The summed E-state index contributed by atoms with van der Waals surface area (Å²) in [5, 5.41) is 23.3. The van der Waals surface area contributed by atoms with Crippen LogP contribution in [0.4, 0.5) is 8.78 Å². The number of carbonyl (C=O) groups excluding carboxylic acids is 1. The van der Waals surface area contributed by atoms with Gasteiger partial charge < -0.3 is 20.1 Å². The molecule has 0 bridgehead atoms. The van der Waals surface area contributed by atoms with E-state index in [-0.39, 0.29) is 17.7 Å². The number of nitrogens with zero attached hydrogens (tertiary/aromatic N) is 2. The maximum Gasteiger partial charge on any atom is 0.246 e. The van der Waals surface area contributed by atoms with Crippen LogP contribution in [0.25, 0.3) is 17.0 Å². The number of hydrogen-bond acceptors (Lipinski definition) is 4.